The van der Waals surface area contributed by atoms with Crippen molar-refractivity contribution < 1.29 is 9.59 Å². The third kappa shape index (κ3) is 5.35. The van der Waals surface area contributed by atoms with Gasteiger partial charge in [0.25, 0.3) is 5.91 Å². The van der Waals surface area contributed by atoms with Gasteiger partial charge in [0.15, 0.2) is 0 Å². The highest BCUT2D eigenvalue weighted by Gasteiger charge is 2.21. The Morgan fingerprint density at radius 3 is 2.44 bits per heavy atom. The van der Waals surface area contributed by atoms with E-state index in [0.717, 1.165) is 31.4 Å². The van der Waals surface area contributed by atoms with Crippen molar-refractivity contribution in [2.45, 2.75) is 32.6 Å². The summed E-state index contributed by atoms with van der Waals surface area (Å²) in [5, 5.41) is 5.93. The zero-order chi connectivity index (χ0) is 22.3. The number of carbonyl (C=O) groups excluding carboxylic acids is 2. The van der Waals surface area contributed by atoms with Crippen LogP contribution in [0, 0.1) is 6.92 Å². The lowest BCUT2D eigenvalue weighted by Gasteiger charge is -2.23. The van der Waals surface area contributed by atoms with Crippen molar-refractivity contribution in [3.63, 3.8) is 0 Å². The topological polar surface area (TPSA) is 61.4 Å². The smallest absolute Gasteiger partial charge is 0.326 e. The number of carbonyl (C=O) groups is 2. The summed E-state index contributed by atoms with van der Waals surface area (Å²) < 4.78 is 0. The molecule has 1 aliphatic heterocycles. The van der Waals surface area contributed by atoms with Crippen LogP contribution < -0.4 is 15.5 Å². The van der Waals surface area contributed by atoms with Gasteiger partial charge < -0.3 is 10.6 Å². The predicted molar refractivity (Wildman–Crippen MR) is 129 cm³/mol. The fourth-order valence-electron chi connectivity index (χ4n) is 3.98. The molecule has 3 aromatic carbocycles. The number of urea groups is 1. The Hall–Kier alpha value is -3.60. The highest BCUT2D eigenvalue weighted by Crippen LogP contribution is 2.26. The Morgan fingerprint density at radius 2 is 1.66 bits per heavy atom. The average Bonchev–Trinajstić information content (AvgIpc) is 3.03. The van der Waals surface area contributed by atoms with E-state index >= 15 is 0 Å². The molecule has 4 rings (SSSR count). The molecule has 0 fully saturated rings. The van der Waals surface area contributed by atoms with Gasteiger partial charge in [-0.15, -0.1) is 0 Å². The van der Waals surface area contributed by atoms with Crippen LogP contribution >= 0.6 is 0 Å². The van der Waals surface area contributed by atoms with Crippen molar-refractivity contribution in [2.75, 3.05) is 23.3 Å². The second-order valence-electron chi connectivity index (χ2n) is 8.24. The Labute approximate surface area is 189 Å². The predicted octanol–water partition coefficient (Wildman–Crippen LogP) is 5.34. The maximum atomic E-state index is 12.9. The molecule has 1 heterocycles. The first-order valence-corrected chi connectivity index (χ1v) is 11.2. The van der Waals surface area contributed by atoms with E-state index in [1.807, 2.05) is 23.1 Å². The van der Waals surface area contributed by atoms with E-state index in [2.05, 4.69) is 47.9 Å². The number of nitrogens with zero attached hydrogens (tertiary/aromatic N) is 1. The molecule has 0 unspecified atom stereocenters. The zero-order valence-corrected chi connectivity index (χ0v) is 18.4. The lowest BCUT2D eigenvalue weighted by Crippen LogP contribution is -2.35. The molecule has 0 aromatic heterocycles. The van der Waals surface area contributed by atoms with Gasteiger partial charge in [0, 0.05) is 30.0 Å². The molecule has 3 amide bonds. The Morgan fingerprint density at radius 1 is 0.906 bits per heavy atom. The summed E-state index contributed by atoms with van der Waals surface area (Å²) in [6, 6.07) is 23.3. The summed E-state index contributed by atoms with van der Waals surface area (Å²) >= 11 is 0. The van der Waals surface area contributed by atoms with E-state index in [4.69, 9.17) is 0 Å². The fraction of sp³-hybridized carbons (Fsp3) is 0.259. The number of anilines is 2. The third-order valence-electron chi connectivity index (χ3n) is 5.82. The van der Waals surface area contributed by atoms with Gasteiger partial charge >= 0.3 is 6.03 Å². The summed E-state index contributed by atoms with van der Waals surface area (Å²) in [5.41, 5.74) is 5.86. The minimum absolute atomic E-state index is 0.114. The summed E-state index contributed by atoms with van der Waals surface area (Å²) in [5.74, 6) is -0.114. The van der Waals surface area contributed by atoms with Gasteiger partial charge in [-0.25, -0.2) is 4.79 Å². The lowest BCUT2D eigenvalue weighted by molar-refractivity contribution is 0.0954. The molecule has 0 aliphatic carbocycles. The van der Waals surface area contributed by atoms with E-state index in [0.29, 0.717) is 24.3 Å². The van der Waals surface area contributed by atoms with Crippen molar-refractivity contribution in [3.8, 4) is 0 Å². The number of rotatable bonds is 5. The molecule has 164 valence electrons. The molecule has 0 saturated heterocycles. The molecule has 3 aromatic rings. The molecule has 0 bridgehead atoms. The molecule has 32 heavy (non-hydrogen) atoms. The van der Waals surface area contributed by atoms with Crippen LogP contribution in [0.2, 0.25) is 0 Å². The molecule has 0 saturated carbocycles. The van der Waals surface area contributed by atoms with Crippen LogP contribution in [0.15, 0.2) is 72.8 Å². The SMILES string of the molecule is Cc1ccc(CCNC(=O)c2ccc(NC(=O)N3CCCCc4ccccc43)cc2)cc1. The molecular weight excluding hydrogens is 398 g/mol. The number of aryl methyl sites for hydroxylation is 2. The van der Waals surface area contributed by atoms with Crippen LogP contribution in [-0.2, 0) is 12.8 Å². The number of para-hydroxylation sites is 1. The van der Waals surface area contributed by atoms with Gasteiger partial charge in [0.2, 0.25) is 0 Å². The van der Waals surface area contributed by atoms with Gasteiger partial charge in [-0.3, -0.25) is 9.69 Å². The van der Waals surface area contributed by atoms with Crippen LogP contribution in [0.1, 0.15) is 39.9 Å². The van der Waals surface area contributed by atoms with Gasteiger partial charge in [-0.2, -0.15) is 0 Å². The van der Waals surface area contributed by atoms with E-state index in [1.165, 1.54) is 16.7 Å². The first-order valence-electron chi connectivity index (χ1n) is 11.2. The van der Waals surface area contributed by atoms with Gasteiger partial charge in [-0.1, -0.05) is 48.0 Å². The molecule has 0 spiro atoms. The van der Waals surface area contributed by atoms with Crippen LogP contribution in [0.3, 0.4) is 0 Å². The molecule has 0 atom stereocenters. The Balaban J connectivity index is 1.33. The quantitative estimate of drug-likeness (QED) is 0.577. The molecular formula is C27H29N3O2. The number of amides is 3. The van der Waals surface area contributed by atoms with Gasteiger partial charge in [-0.05, 0) is 74.1 Å². The fourth-order valence-corrected chi connectivity index (χ4v) is 3.98. The monoisotopic (exact) mass is 427 g/mol. The van der Waals surface area contributed by atoms with Gasteiger partial charge in [0.1, 0.15) is 0 Å². The minimum Gasteiger partial charge on any atom is -0.352 e. The Kier molecular flexibility index (Phi) is 6.85. The number of hydrogen-bond acceptors (Lipinski definition) is 2. The summed E-state index contributed by atoms with van der Waals surface area (Å²) in [7, 11) is 0. The summed E-state index contributed by atoms with van der Waals surface area (Å²) in [4.78, 5) is 27.2. The van der Waals surface area contributed by atoms with E-state index in [-0.39, 0.29) is 11.9 Å². The molecule has 5 heteroatoms. The maximum absolute atomic E-state index is 12.9. The normalized spacial score (nSPS) is 13.1. The first-order chi connectivity index (χ1) is 15.6. The minimum atomic E-state index is -0.144. The largest absolute Gasteiger partial charge is 0.352 e. The Bertz CT molecular complexity index is 1070. The molecule has 0 radical (unpaired) electrons. The van der Waals surface area contributed by atoms with Crippen LogP contribution in [0.5, 0.6) is 0 Å². The number of fused-ring (bicyclic) bond motifs is 1. The highest BCUT2D eigenvalue weighted by molar-refractivity contribution is 6.02. The van der Waals surface area contributed by atoms with Crippen molar-refractivity contribution >= 4 is 23.3 Å². The van der Waals surface area contributed by atoms with Crippen LogP contribution in [0.25, 0.3) is 0 Å². The average molecular weight is 428 g/mol. The highest BCUT2D eigenvalue weighted by atomic mass is 16.2. The summed E-state index contributed by atoms with van der Waals surface area (Å²) in [6.45, 7) is 3.34. The molecule has 5 nitrogen and oxygen atoms in total. The van der Waals surface area contributed by atoms with Crippen molar-refractivity contribution in [3.05, 3.63) is 95.1 Å². The van der Waals surface area contributed by atoms with Gasteiger partial charge in [0.05, 0.1) is 0 Å². The third-order valence-corrected chi connectivity index (χ3v) is 5.82. The van der Waals surface area contributed by atoms with E-state index < -0.39 is 0 Å². The number of benzene rings is 3. The van der Waals surface area contributed by atoms with Crippen molar-refractivity contribution in [1.82, 2.24) is 5.32 Å². The number of hydrogen-bond donors (Lipinski definition) is 2. The maximum Gasteiger partial charge on any atom is 0.326 e. The summed E-state index contributed by atoms with van der Waals surface area (Å²) in [6.07, 6.45) is 3.84. The first kappa shape index (κ1) is 21.6. The zero-order valence-electron chi connectivity index (χ0n) is 18.4. The van der Waals surface area contributed by atoms with E-state index in [9.17, 15) is 9.59 Å². The van der Waals surface area contributed by atoms with Crippen LogP contribution in [0.4, 0.5) is 16.2 Å². The second kappa shape index (κ2) is 10.1. The molecule has 1 aliphatic rings. The lowest BCUT2D eigenvalue weighted by atomic mass is 10.1. The number of nitrogens with one attached hydrogen (secondary N) is 2. The standard InChI is InChI=1S/C27H29N3O2/c1-20-9-11-21(12-10-20)17-18-28-26(31)23-13-15-24(16-14-23)29-27(32)30-19-5-4-7-22-6-2-3-8-25(22)30/h2-3,6,8-16H,4-5,7,17-19H2,1H3,(H,28,31)(H,29,32). The molecule has 2 N–H and O–H groups in total. The second-order valence-corrected chi connectivity index (χ2v) is 8.24. The van der Waals surface area contributed by atoms with Crippen LogP contribution in [-0.4, -0.2) is 25.0 Å². The van der Waals surface area contributed by atoms with Crippen molar-refractivity contribution in [1.29, 1.82) is 0 Å². The van der Waals surface area contributed by atoms with E-state index in [1.54, 1.807) is 24.3 Å². The van der Waals surface area contributed by atoms with Crippen molar-refractivity contribution in [2.24, 2.45) is 0 Å².